The fourth-order valence-electron chi connectivity index (χ4n) is 2.46. The first kappa shape index (κ1) is 15.6. The van der Waals surface area contributed by atoms with Crippen LogP contribution in [0.25, 0.3) is 10.8 Å². The van der Waals surface area contributed by atoms with Crippen LogP contribution in [0.3, 0.4) is 0 Å². The minimum atomic E-state index is 0.343. The molecule has 0 aliphatic heterocycles. The molecule has 3 rings (SSSR count). The summed E-state index contributed by atoms with van der Waals surface area (Å²) >= 11 is 0. The maximum Gasteiger partial charge on any atom is 0.142 e. The van der Waals surface area contributed by atoms with Gasteiger partial charge in [0.25, 0.3) is 0 Å². The van der Waals surface area contributed by atoms with Crippen LogP contribution in [-0.2, 0) is 11.4 Å². The molecule has 118 valence electrons. The van der Waals surface area contributed by atoms with Gasteiger partial charge in [-0.3, -0.25) is 0 Å². The third-order valence-electron chi connectivity index (χ3n) is 3.72. The largest absolute Gasteiger partial charge is 0.496 e. The van der Waals surface area contributed by atoms with Crippen LogP contribution in [0.4, 0.5) is 0 Å². The Morgan fingerprint density at radius 1 is 1.04 bits per heavy atom. The van der Waals surface area contributed by atoms with Crippen molar-refractivity contribution in [3.8, 4) is 11.8 Å². The normalized spacial score (nSPS) is 10.7. The minimum Gasteiger partial charge on any atom is -0.496 e. The van der Waals surface area contributed by atoms with Gasteiger partial charge < -0.3 is 9.57 Å². The van der Waals surface area contributed by atoms with Crippen LogP contribution in [0.1, 0.15) is 16.7 Å². The third kappa shape index (κ3) is 3.36. The summed E-state index contributed by atoms with van der Waals surface area (Å²) in [5, 5.41) is 15.0. The van der Waals surface area contributed by atoms with Crippen molar-refractivity contribution in [2.45, 2.75) is 6.61 Å². The summed E-state index contributed by atoms with van der Waals surface area (Å²) in [6.07, 6.45) is 1.67. The van der Waals surface area contributed by atoms with Crippen molar-refractivity contribution in [3.05, 3.63) is 77.4 Å². The number of benzene rings is 3. The Balaban J connectivity index is 1.76. The van der Waals surface area contributed by atoms with Crippen molar-refractivity contribution in [2.24, 2.45) is 5.16 Å². The zero-order valence-corrected chi connectivity index (χ0v) is 13.3. The molecule has 0 aliphatic carbocycles. The first-order valence-electron chi connectivity index (χ1n) is 7.52. The molecule has 3 aromatic carbocycles. The van der Waals surface area contributed by atoms with Crippen molar-refractivity contribution in [1.29, 1.82) is 5.26 Å². The van der Waals surface area contributed by atoms with Gasteiger partial charge in [-0.05, 0) is 34.5 Å². The van der Waals surface area contributed by atoms with E-state index in [0.717, 1.165) is 27.6 Å². The summed E-state index contributed by atoms with van der Waals surface area (Å²) in [6.45, 7) is 0.343. The number of hydrogen-bond acceptors (Lipinski definition) is 4. The Labute approximate surface area is 140 Å². The van der Waals surface area contributed by atoms with Crippen molar-refractivity contribution in [3.63, 3.8) is 0 Å². The molecule has 0 atom stereocenters. The lowest BCUT2D eigenvalue weighted by atomic mass is 10.0. The van der Waals surface area contributed by atoms with Gasteiger partial charge in [-0.1, -0.05) is 47.6 Å². The average molecular weight is 316 g/mol. The molecule has 0 N–H and O–H groups in total. The van der Waals surface area contributed by atoms with Crippen LogP contribution < -0.4 is 4.74 Å². The first-order valence-corrected chi connectivity index (χ1v) is 7.52. The number of hydrogen-bond donors (Lipinski definition) is 0. The molecule has 0 bridgehead atoms. The molecule has 0 fully saturated rings. The molecule has 0 aliphatic rings. The van der Waals surface area contributed by atoms with E-state index < -0.39 is 0 Å². The van der Waals surface area contributed by atoms with E-state index in [1.165, 1.54) is 0 Å². The molecule has 4 nitrogen and oxygen atoms in total. The highest BCUT2D eigenvalue weighted by molar-refractivity contribution is 6.02. The summed E-state index contributed by atoms with van der Waals surface area (Å²) < 4.78 is 5.42. The lowest BCUT2D eigenvalue weighted by Crippen LogP contribution is -1.94. The smallest absolute Gasteiger partial charge is 0.142 e. The van der Waals surface area contributed by atoms with Gasteiger partial charge in [-0.2, -0.15) is 5.26 Å². The Bertz CT molecular complexity index is 909. The molecule has 0 amide bonds. The lowest BCUT2D eigenvalue weighted by Gasteiger charge is -2.08. The molecule has 3 aromatic rings. The Morgan fingerprint density at radius 2 is 1.83 bits per heavy atom. The SMILES string of the molecule is COc1ccc2ccccc2c1/C=N/OCc1ccc(C#N)cc1. The van der Waals surface area contributed by atoms with E-state index in [1.807, 2.05) is 48.5 Å². The highest BCUT2D eigenvalue weighted by Crippen LogP contribution is 2.26. The molecule has 0 radical (unpaired) electrons. The molecule has 0 saturated heterocycles. The van der Waals surface area contributed by atoms with E-state index in [4.69, 9.17) is 14.8 Å². The van der Waals surface area contributed by atoms with Crippen molar-refractivity contribution in [1.82, 2.24) is 0 Å². The second kappa shape index (κ2) is 7.30. The lowest BCUT2D eigenvalue weighted by molar-refractivity contribution is 0.132. The van der Waals surface area contributed by atoms with Crippen LogP contribution in [0.5, 0.6) is 5.75 Å². The van der Waals surface area contributed by atoms with Gasteiger partial charge in [0.15, 0.2) is 0 Å². The van der Waals surface area contributed by atoms with Crippen LogP contribution in [0.15, 0.2) is 65.8 Å². The number of methoxy groups -OCH3 is 1. The molecule has 0 spiro atoms. The summed E-state index contributed by atoms with van der Waals surface area (Å²) in [4.78, 5) is 5.38. The van der Waals surface area contributed by atoms with Crippen LogP contribution in [0.2, 0.25) is 0 Å². The van der Waals surface area contributed by atoms with E-state index in [9.17, 15) is 0 Å². The van der Waals surface area contributed by atoms with Gasteiger partial charge in [-0.25, -0.2) is 0 Å². The molecule has 0 aromatic heterocycles. The fourth-order valence-corrected chi connectivity index (χ4v) is 2.46. The molecule has 4 heteroatoms. The second-order valence-electron chi connectivity index (χ2n) is 5.22. The second-order valence-corrected chi connectivity index (χ2v) is 5.22. The van der Waals surface area contributed by atoms with Crippen molar-refractivity contribution in [2.75, 3.05) is 7.11 Å². The summed E-state index contributed by atoms with van der Waals surface area (Å²) in [6, 6.07) is 21.3. The predicted octanol–water partition coefficient (Wildman–Crippen LogP) is 4.27. The minimum absolute atomic E-state index is 0.343. The van der Waals surface area contributed by atoms with Crippen molar-refractivity contribution < 1.29 is 9.57 Å². The van der Waals surface area contributed by atoms with Gasteiger partial charge in [0.05, 0.1) is 25.0 Å². The highest BCUT2D eigenvalue weighted by Gasteiger charge is 2.06. The summed E-state index contributed by atoms with van der Waals surface area (Å²) in [7, 11) is 1.64. The van der Waals surface area contributed by atoms with Gasteiger partial charge in [0.2, 0.25) is 0 Å². The summed E-state index contributed by atoms with van der Waals surface area (Å²) in [5.74, 6) is 0.749. The zero-order valence-electron chi connectivity index (χ0n) is 13.3. The summed E-state index contributed by atoms with van der Waals surface area (Å²) in [5.41, 5.74) is 2.47. The van der Waals surface area contributed by atoms with Gasteiger partial charge in [-0.15, -0.1) is 0 Å². The topological polar surface area (TPSA) is 54.6 Å². The van der Waals surface area contributed by atoms with Crippen LogP contribution in [-0.4, -0.2) is 13.3 Å². The maximum absolute atomic E-state index is 8.79. The number of oxime groups is 1. The maximum atomic E-state index is 8.79. The van der Waals surface area contributed by atoms with E-state index in [1.54, 1.807) is 25.5 Å². The number of nitrogens with zero attached hydrogens (tertiary/aromatic N) is 2. The first-order chi connectivity index (χ1) is 11.8. The molecule has 0 unspecified atom stereocenters. The highest BCUT2D eigenvalue weighted by atomic mass is 16.6. The number of nitriles is 1. The number of ether oxygens (including phenoxy) is 1. The van der Waals surface area contributed by atoms with E-state index in [0.29, 0.717) is 12.2 Å². The molecule has 0 saturated carbocycles. The number of rotatable bonds is 5. The molecular weight excluding hydrogens is 300 g/mol. The monoisotopic (exact) mass is 316 g/mol. The fraction of sp³-hybridized carbons (Fsp3) is 0.100. The molecule has 24 heavy (non-hydrogen) atoms. The Hall–Kier alpha value is -3.32. The standard InChI is InChI=1S/C20H16N2O2/c1-23-20-11-10-17-4-2-3-5-18(17)19(20)13-22-24-14-16-8-6-15(12-21)7-9-16/h2-11,13H,14H2,1H3/b22-13+. The van der Waals surface area contributed by atoms with Gasteiger partial charge in [0.1, 0.15) is 12.4 Å². The quantitative estimate of drug-likeness (QED) is 0.522. The van der Waals surface area contributed by atoms with E-state index in [2.05, 4.69) is 11.2 Å². The zero-order chi connectivity index (χ0) is 16.8. The molecular formula is C20H16N2O2. The molecule has 0 heterocycles. The number of fused-ring (bicyclic) bond motifs is 1. The van der Waals surface area contributed by atoms with Gasteiger partial charge in [0, 0.05) is 5.56 Å². The van der Waals surface area contributed by atoms with E-state index in [-0.39, 0.29) is 0 Å². The van der Waals surface area contributed by atoms with E-state index >= 15 is 0 Å². The Kier molecular flexibility index (Phi) is 4.73. The predicted molar refractivity (Wildman–Crippen MR) is 94.0 cm³/mol. The van der Waals surface area contributed by atoms with Crippen LogP contribution in [0, 0.1) is 11.3 Å². The van der Waals surface area contributed by atoms with Crippen molar-refractivity contribution >= 4 is 17.0 Å². The third-order valence-corrected chi connectivity index (χ3v) is 3.72. The van der Waals surface area contributed by atoms with Gasteiger partial charge >= 0.3 is 0 Å². The van der Waals surface area contributed by atoms with Crippen LogP contribution >= 0.6 is 0 Å². The average Bonchev–Trinajstić information content (AvgIpc) is 2.65. The Morgan fingerprint density at radius 3 is 2.58 bits per heavy atom.